The van der Waals surface area contributed by atoms with Crippen molar-refractivity contribution in [2.24, 2.45) is 5.92 Å². The van der Waals surface area contributed by atoms with E-state index in [1.165, 1.54) is 13.8 Å². The highest BCUT2D eigenvalue weighted by Gasteiger charge is 2.29. The average molecular weight is 378 g/mol. The van der Waals surface area contributed by atoms with E-state index >= 15 is 0 Å². The van der Waals surface area contributed by atoms with Gasteiger partial charge in [-0.05, 0) is 18.9 Å². The highest BCUT2D eigenvalue weighted by atomic mass is 16.5. The SMILES string of the molecule is CCOC(=O)[C@H](C)C[C@@H](NC(=O)[C@@H](Cc1ccccc1)NC(C)=O)C(=O)O. The maximum Gasteiger partial charge on any atom is 0.326 e. The van der Waals surface area contributed by atoms with Gasteiger partial charge in [0.2, 0.25) is 11.8 Å². The van der Waals surface area contributed by atoms with E-state index in [-0.39, 0.29) is 19.4 Å². The molecule has 0 heterocycles. The lowest BCUT2D eigenvalue weighted by molar-refractivity contribution is -0.149. The molecule has 0 aliphatic carbocycles. The molecule has 3 N–H and O–H groups in total. The smallest absolute Gasteiger partial charge is 0.326 e. The van der Waals surface area contributed by atoms with Crippen LogP contribution in [0.25, 0.3) is 0 Å². The van der Waals surface area contributed by atoms with Crippen LogP contribution in [-0.2, 0) is 30.3 Å². The van der Waals surface area contributed by atoms with Crippen molar-refractivity contribution in [1.82, 2.24) is 10.6 Å². The van der Waals surface area contributed by atoms with Crippen LogP contribution in [0.1, 0.15) is 32.8 Å². The average Bonchev–Trinajstić information content (AvgIpc) is 2.61. The first-order valence-electron chi connectivity index (χ1n) is 8.75. The van der Waals surface area contributed by atoms with Gasteiger partial charge in [-0.3, -0.25) is 14.4 Å². The van der Waals surface area contributed by atoms with Crippen LogP contribution in [0.4, 0.5) is 0 Å². The Labute approximate surface area is 158 Å². The summed E-state index contributed by atoms with van der Waals surface area (Å²) in [5.74, 6) is -3.52. The number of ether oxygens (including phenoxy) is 1. The largest absolute Gasteiger partial charge is 0.480 e. The first-order chi connectivity index (χ1) is 12.7. The zero-order chi connectivity index (χ0) is 20.4. The summed E-state index contributed by atoms with van der Waals surface area (Å²) in [7, 11) is 0. The molecular formula is C19H26N2O6. The molecule has 0 saturated carbocycles. The number of carbonyl (C=O) groups is 4. The van der Waals surface area contributed by atoms with Crippen molar-refractivity contribution in [2.75, 3.05) is 6.61 Å². The third-order valence-corrected chi connectivity index (χ3v) is 3.87. The normalized spacial score (nSPS) is 13.7. The molecule has 0 saturated heterocycles. The Balaban J connectivity index is 2.83. The summed E-state index contributed by atoms with van der Waals surface area (Å²) in [4.78, 5) is 47.2. The zero-order valence-corrected chi connectivity index (χ0v) is 15.7. The molecule has 0 radical (unpaired) electrons. The Hall–Kier alpha value is -2.90. The van der Waals surface area contributed by atoms with E-state index in [0.29, 0.717) is 0 Å². The van der Waals surface area contributed by atoms with Gasteiger partial charge in [0, 0.05) is 13.3 Å². The van der Waals surface area contributed by atoms with Crippen LogP contribution in [0.3, 0.4) is 0 Å². The van der Waals surface area contributed by atoms with Gasteiger partial charge in [0.05, 0.1) is 12.5 Å². The van der Waals surface area contributed by atoms with Gasteiger partial charge in [-0.15, -0.1) is 0 Å². The summed E-state index contributed by atoms with van der Waals surface area (Å²) in [5, 5.41) is 14.3. The number of rotatable bonds is 10. The van der Waals surface area contributed by atoms with E-state index in [4.69, 9.17) is 4.74 Å². The second kappa shape index (κ2) is 10.9. The standard InChI is InChI=1S/C19H26N2O6/c1-4-27-19(26)12(2)10-16(18(24)25)21-17(23)15(20-13(3)22)11-14-8-6-5-7-9-14/h5-9,12,15-16H,4,10-11H2,1-3H3,(H,20,22)(H,21,23)(H,24,25)/t12-,15-,16-/m1/s1. The molecule has 3 atom stereocenters. The topological polar surface area (TPSA) is 122 Å². The van der Waals surface area contributed by atoms with E-state index in [1.807, 2.05) is 6.07 Å². The third-order valence-electron chi connectivity index (χ3n) is 3.87. The number of hydrogen-bond acceptors (Lipinski definition) is 5. The molecule has 1 aromatic carbocycles. The number of carboxylic acid groups (broad SMARTS) is 1. The number of esters is 1. The number of nitrogens with one attached hydrogen (secondary N) is 2. The first kappa shape index (κ1) is 22.1. The molecule has 0 aromatic heterocycles. The monoisotopic (exact) mass is 378 g/mol. The molecule has 0 spiro atoms. The summed E-state index contributed by atoms with van der Waals surface area (Å²) in [5.41, 5.74) is 0.818. The molecule has 0 bridgehead atoms. The lowest BCUT2D eigenvalue weighted by Gasteiger charge is -2.22. The van der Waals surface area contributed by atoms with Gasteiger partial charge in [0.25, 0.3) is 0 Å². The summed E-state index contributed by atoms with van der Waals surface area (Å²) in [6.07, 6.45) is 0.101. The molecule has 0 fully saturated rings. The fourth-order valence-electron chi connectivity index (χ4n) is 2.53. The van der Waals surface area contributed by atoms with Crippen molar-refractivity contribution in [1.29, 1.82) is 0 Å². The van der Waals surface area contributed by atoms with Crippen LogP contribution in [-0.4, -0.2) is 47.6 Å². The Kier molecular flexibility index (Phi) is 8.98. The maximum absolute atomic E-state index is 12.6. The van der Waals surface area contributed by atoms with Gasteiger partial charge in [-0.2, -0.15) is 0 Å². The molecule has 148 valence electrons. The molecular weight excluding hydrogens is 352 g/mol. The van der Waals surface area contributed by atoms with Crippen molar-refractivity contribution in [3.63, 3.8) is 0 Å². The highest BCUT2D eigenvalue weighted by molar-refractivity contribution is 5.90. The summed E-state index contributed by atoms with van der Waals surface area (Å²) >= 11 is 0. The van der Waals surface area contributed by atoms with Gasteiger partial charge < -0.3 is 20.5 Å². The predicted octanol–water partition coefficient (Wildman–Crippen LogP) is 0.893. The Morgan fingerprint density at radius 3 is 2.22 bits per heavy atom. The van der Waals surface area contributed by atoms with Crippen molar-refractivity contribution in [3.05, 3.63) is 35.9 Å². The predicted molar refractivity (Wildman–Crippen MR) is 97.7 cm³/mol. The fourth-order valence-corrected chi connectivity index (χ4v) is 2.53. The number of carbonyl (C=O) groups excluding carboxylic acids is 3. The van der Waals surface area contributed by atoms with Crippen molar-refractivity contribution < 1.29 is 29.0 Å². The quantitative estimate of drug-likeness (QED) is 0.520. The van der Waals surface area contributed by atoms with E-state index in [2.05, 4.69) is 10.6 Å². The molecule has 8 heteroatoms. The minimum absolute atomic E-state index is 0.113. The minimum atomic E-state index is -1.27. The molecule has 0 aliphatic rings. The zero-order valence-electron chi connectivity index (χ0n) is 15.7. The van der Waals surface area contributed by atoms with Gasteiger partial charge in [-0.1, -0.05) is 37.3 Å². The molecule has 27 heavy (non-hydrogen) atoms. The molecule has 1 rings (SSSR count). The van der Waals surface area contributed by atoms with Gasteiger partial charge in [0.1, 0.15) is 12.1 Å². The molecule has 2 amide bonds. The number of benzene rings is 1. The Morgan fingerprint density at radius 1 is 1.07 bits per heavy atom. The molecule has 1 aromatic rings. The summed E-state index contributed by atoms with van der Waals surface area (Å²) < 4.78 is 4.87. The number of carboxylic acids is 1. The number of aliphatic carboxylic acids is 1. The van der Waals surface area contributed by atoms with Crippen LogP contribution >= 0.6 is 0 Å². The van der Waals surface area contributed by atoms with Gasteiger partial charge in [0.15, 0.2) is 0 Å². The molecule has 8 nitrogen and oxygen atoms in total. The van der Waals surface area contributed by atoms with E-state index in [9.17, 15) is 24.3 Å². The van der Waals surface area contributed by atoms with Crippen molar-refractivity contribution in [3.8, 4) is 0 Å². The van der Waals surface area contributed by atoms with Gasteiger partial charge >= 0.3 is 11.9 Å². The van der Waals surface area contributed by atoms with Crippen LogP contribution < -0.4 is 10.6 Å². The fraction of sp³-hybridized carbons (Fsp3) is 0.474. The second-order valence-corrected chi connectivity index (χ2v) is 6.23. The van der Waals surface area contributed by atoms with Crippen LogP contribution in [0.15, 0.2) is 30.3 Å². The minimum Gasteiger partial charge on any atom is -0.480 e. The van der Waals surface area contributed by atoms with Gasteiger partial charge in [-0.25, -0.2) is 4.79 Å². The highest BCUT2D eigenvalue weighted by Crippen LogP contribution is 2.10. The lowest BCUT2D eigenvalue weighted by Crippen LogP contribution is -2.52. The van der Waals surface area contributed by atoms with Crippen molar-refractivity contribution >= 4 is 23.8 Å². The summed E-state index contributed by atoms with van der Waals surface area (Å²) in [6.45, 7) is 4.66. The van der Waals surface area contributed by atoms with E-state index in [1.54, 1.807) is 31.2 Å². The molecule has 0 unspecified atom stereocenters. The third kappa shape index (κ3) is 7.89. The molecule has 0 aliphatic heterocycles. The van der Waals surface area contributed by atoms with E-state index < -0.39 is 41.8 Å². The second-order valence-electron chi connectivity index (χ2n) is 6.23. The summed E-state index contributed by atoms with van der Waals surface area (Å²) in [6, 6.07) is 6.85. The Morgan fingerprint density at radius 2 is 1.70 bits per heavy atom. The maximum atomic E-state index is 12.6. The van der Waals surface area contributed by atoms with Crippen LogP contribution in [0.2, 0.25) is 0 Å². The Bertz CT molecular complexity index is 661. The van der Waals surface area contributed by atoms with Crippen LogP contribution in [0.5, 0.6) is 0 Å². The first-order valence-corrected chi connectivity index (χ1v) is 8.75. The van der Waals surface area contributed by atoms with Crippen LogP contribution in [0, 0.1) is 5.92 Å². The van der Waals surface area contributed by atoms with E-state index in [0.717, 1.165) is 5.56 Å². The number of hydrogen-bond donors (Lipinski definition) is 3. The van der Waals surface area contributed by atoms with Crippen molar-refractivity contribution in [2.45, 2.75) is 45.7 Å². The lowest BCUT2D eigenvalue weighted by atomic mass is 10.0. The number of amides is 2.